The number of nitrogen functional groups attached to an aromatic ring is 1. The van der Waals surface area contributed by atoms with E-state index in [2.05, 4.69) is 20.7 Å². The lowest BCUT2D eigenvalue weighted by atomic mass is 10.2. The largest absolute Gasteiger partial charge is 0.398 e. The van der Waals surface area contributed by atoms with Crippen LogP contribution in [0.5, 0.6) is 0 Å². The average molecular weight is 364 g/mol. The Labute approximate surface area is 127 Å². The summed E-state index contributed by atoms with van der Waals surface area (Å²) in [5.74, 6) is -0.295. The van der Waals surface area contributed by atoms with Crippen LogP contribution in [0.2, 0.25) is 0 Å². The summed E-state index contributed by atoms with van der Waals surface area (Å²) in [5.41, 5.74) is 6.57. The maximum atomic E-state index is 12.2. The topological polar surface area (TPSA) is 92.5 Å². The average Bonchev–Trinajstić information content (AvgIpc) is 2.39. The van der Waals surface area contributed by atoms with E-state index in [-0.39, 0.29) is 17.3 Å². The van der Waals surface area contributed by atoms with Crippen molar-refractivity contribution in [3.8, 4) is 0 Å². The van der Waals surface area contributed by atoms with Gasteiger partial charge in [-0.2, -0.15) is 0 Å². The van der Waals surface area contributed by atoms with E-state index in [1.54, 1.807) is 20.0 Å². The van der Waals surface area contributed by atoms with Crippen molar-refractivity contribution in [3.63, 3.8) is 0 Å². The normalized spacial score (nSPS) is 11.4. The molecule has 1 amide bonds. The van der Waals surface area contributed by atoms with E-state index in [4.69, 9.17) is 5.73 Å². The summed E-state index contributed by atoms with van der Waals surface area (Å²) in [4.78, 5) is 13.1. The van der Waals surface area contributed by atoms with Crippen molar-refractivity contribution < 1.29 is 13.2 Å². The van der Waals surface area contributed by atoms with Crippen LogP contribution in [0.15, 0.2) is 21.5 Å². The number of hydrogen-bond acceptors (Lipinski definition) is 4. The van der Waals surface area contributed by atoms with Crippen molar-refractivity contribution in [1.82, 2.24) is 9.62 Å². The Bertz CT molecular complexity index is 617. The highest BCUT2D eigenvalue weighted by atomic mass is 79.9. The van der Waals surface area contributed by atoms with E-state index in [1.807, 2.05) is 6.92 Å². The highest BCUT2D eigenvalue weighted by molar-refractivity contribution is 9.10. The molecule has 0 heterocycles. The number of carbonyl (C=O) groups excluding carboxylic acids is 1. The lowest BCUT2D eigenvalue weighted by Crippen LogP contribution is -2.38. The van der Waals surface area contributed by atoms with Crippen LogP contribution in [0.4, 0.5) is 5.69 Å². The van der Waals surface area contributed by atoms with E-state index >= 15 is 0 Å². The second-order valence-corrected chi connectivity index (χ2v) is 7.00. The summed E-state index contributed by atoms with van der Waals surface area (Å²) in [6.07, 6.45) is 0. The fourth-order valence-electron chi connectivity index (χ4n) is 1.50. The Morgan fingerprint density at radius 3 is 2.60 bits per heavy atom. The van der Waals surface area contributed by atoms with E-state index < -0.39 is 10.0 Å². The Balaban J connectivity index is 2.98. The number of carbonyl (C=O) groups is 1. The number of nitrogens with one attached hydrogen (secondary N) is 1. The van der Waals surface area contributed by atoms with Crippen LogP contribution in [0, 0.1) is 6.92 Å². The van der Waals surface area contributed by atoms with Gasteiger partial charge in [-0.3, -0.25) is 4.79 Å². The molecule has 3 N–H and O–H groups in total. The first kappa shape index (κ1) is 16.9. The van der Waals surface area contributed by atoms with Crippen LogP contribution < -0.4 is 10.5 Å². The first-order valence-corrected chi connectivity index (χ1v) is 8.26. The van der Waals surface area contributed by atoms with Gasteiger partial charge in [0.25, 0.3) is 0 Å². The highest BCUT2D eigenvalue weighted by Gasteiger charge is 2.20. The number of likely N-dealkylation sites (N-methyl/N-ethyl adjacent to an activating group) is 1. The van der Waals surface area contributed by atoms with Gasteiger partial charge in [-0.05, 0) is 31.5 Å². The molecule has 0 aliphatic carbocycles. The number of benzene rings is 1. The predicted octanol–water partition coefficient (Wildman–Crippen LogP) is 1.10. The van der Waals surface area contributed by atoms with Gasteiger partial charge in [-0.15, -0.1) is 0 Å². The molecule has 1 aromatic carbocycles. The molecule has 0 bridgehead atoms. The molecule has 0 aromatic heterocycles. The SMILES string of the molecule is CCN(C)C(=O)CNS(=O)(=O)c1cc(Br)cc(N)c1C. The lowest BCUT2D eigenvalue weighted by molar-refractivity contribution is -0.128. The molecule has 1 aromatic rings. The molecule has 0 fully saturated rings. The summed E-state index contributed by atoms with van der Waals surface area (Å²) in [7, 11) is -2.17. The number of amides is 1. The van der Waals surface area contributed by atoms with Crippen molar-refractivity contribution in [3.05, 3.63) is 22.2 Å². The minimum atomic E-state index is -3.78. The van der Waals surface area contributed by atoms with Crippen molar-refractivity contribution in [2.75, 3.05) is 25.9 Å². The molecule has 20 heavy (non-hydrogen) atoms. The molecule has 0 saturated carbocycles. The number of rotatable bonds is 5. The van der Waals surface area contributed by atoms with Gasteiger partial charge >= 0.3 is 0 Å². The van der Waals surface area contributed by atoms with E-state index in [0.717, 1.165) is 0 Å². The summed E-state index contributed by atoms with van der Waals surface area (Å²) < 4.78 is 27.3. The Morgan fingerprint density at radius 1 is 1.45 bits per heavy atom. The molecule has 0 atom stereocenters. The van der Waals surface area contributed by atoms with Gasteiger partial charge in [0.15, 0.2) is 0 Å². The minimum Gasteiger partial charge on any atom is -0.398 e. The maximum absolute atomic E-state index is 12.2. The van der Waals surface area contributed by atoms with Crippen LogP contribution in [-0.4, -0.2) is 39.4 Å². The second kappa shape index (κ2) is 6.55. The van der Waals surface area contributed by atoms with E-state index in [0.29, 0.717) is 22.3 Å². The zero-order valence-corrected chi connectivity index (χ0v) is 14.0. The van der Waals surface area contributed by atoms with Gasteiger partial charge in [0.2, 0.25) is 15.9 Å². The molecule has 8 heteroatoms. The van der Waals surface area contributed by atoms with Crippen LogP contribution in [0.1, 0.15) is 12.5 Å². The number of nitrogens with two attached hydrogens (primary N) is 1. The van der Waals surface area contributed by atoms with Gasteiger partial charge in [0, 0.05) is 23.8 Å². The molecule has 0 radical (unpaired) electrons. The monoisotopic (exact) mass is 363 g/mol. The molecule has 1 rings (SSSR count). The minimum absolute atomic E-state index is 0.0660. The Hall–Kier alpha value is -1.12. The molecule has 0 unspecified atom stereocenters. The summed E-state index contributed by atoms with van der Waals surface area (Å²) in [6.45, 7) is 3.67. The summed E-state index contributed by atoms with van der Waals surface area (Å²) in [6, 6.07) is 3.09. The number of nitrogens with zero attached hydrogens (tertiary/aromatic N) is 1. The summed E-state index contributed by atoms with van der Waals surface area (Å²) in [5, 5.41) is 0. The van der Waals surface area contributed by atoms with Crippen LogP contribution in [-0.2, 0) is 14.8 Å². The quantitative estimate of drug-likeness (QED) is 0.766. The third kappa shape index (κ3) is 3.94. The van der Waals surface area contributed by atoms with E-state index in [9.17, 15) is 13.2 Å². The van der Waals surface area contributed by atoms with Crippen molar-refractivity contribution in [1.29, 1.82) is 0 Å². The smallest absolute Gasteiger partial charge is 0.241 e. The van der Waals surface area contributed by atoms with Crippen molar-refractivity contribution in [2.24, 2.45) is 0 Å². The Kier molecular flexibility index (Phi) is 5.55. The number of halogens is 1. The van der Waals surface area contributed by atoms with Gasteiger partial charge in [0.05, 0.1) is 11.4 Å². The molecule has 0 spiro atoms. The van der Waals surface area contributed by atoms with Crippen molar-refractivity contribution in [2.45, 2.75) is 18.7 Å². The third-order valence-electron chi connectivity index (χ3n) is 2.97. The first-order chi connectivity index (χ1) is 9.19. The molecule has 6 nitrogen and oxygen atoms in total. The number of hydrogen-bond donors (Lipinski definition) is 2. The van der Waals surface area contributed by atoms with Gasteiger partial charge in [0.1, 0.15) is 0 Å². The maximum Gasteiger partial charge on any atom is 0.241 e. The predicted molar refractivity (Wildman–Crippen MR) is 81.8 cm³/mol. The number of anilines is 1. The summed E-state index contributed by atoms with van der Waals surface area (Å²) >= 11 is 3.21. The molecule has 0 aliphatic heterocycles. The van der Waals surface area contributed by atoms with E-state index in [1.165, 1.54) is 11.0 Å². The first-order valence-electron chi connectivity index (χ1n) is 5.98. The molecule has 112 valence electrons. The van der Waals surface area contributed by atoms with Crippen LogP contribution in [0.25, 0.3) is 0 Å². The highest BCUT2D eigenvalue weighted by Crippen LogP contribution is 2.26. The standard InChI is InChI=1S/C12H18BrN3O3S/c1-4-16(3)12(17)7-15-20(18,19)11-6-9(13)5-10(14)8(11)2/h5-6,15H,4,7,14H2,1-3H3. The third-order valence-corrected chi connectivity index (χ3v) is 4.95. The fraction of sp³-hybridized carbons (Fsp3) is 0.417. The molecular weight excluding hydrogens is 346 g/mol. The van der Waals surface area contributed by atoms with Crippen molar-refractivity contribution >= 4 is 37.5 Å². The molecule has 0 aliphatic rings. The van der Waals surface area contributed by atoms with Crippen LogP contribution in [0.3, 0.4) is 0 Å². The Morgan fingerprint density at radius 2 is 2.05 bits per heavy atom. The fourth-order valence-corrected chi connectivity index (χ4v) is 3.40. The van der Waals surface area contributed by atoms with Gasteiger partial charge in [-0.1, -0.05) is 15.9 Å². The lowest BCUT2D eigenvalue weighted by Gasteiger charge is -2.16. The van der Waals surface area contributed by atoms with Crippen LogP contribution >= 0.6 is 15.9 Å². The zero-order chi connectivity index (χ0) is 15.5. The zero-order valence-electron chi connectivity index (χ0n) is 11.6. The second-order valence-electron chi connectivity index (χ2n) is 4.35. The van der Waals surface area contributed by atoms with Gasteiger partial charge in [-0.25, -0.2) is 13.1 Å². The van der Waals surface area contributed by atoms with Gasteiger partial charge < -0.3 is 10.6 Å². The molecule has 0 saturated heterocycles. The molecular formula is C12H18BrN3O3S. The number of sulfonamides is 1.